The minimum absolute atomic E-state index is 0.245. The van der Waals surface area contributed by atoms with Gasteiger partial charge in [0.05, 0.1) is 0 Å². The molecule has 0 unspecified atom stereocenters. The average Bonchev–Trinajstić information content (AvgIpc) is 2.78. The van der Waals surface area contributed by atoms with Crippen molar-refractivity contribution in [2.75, 3.05) is 26.2 Å². The molecule has 0 radical (unpaired) electrons. The van der Waals surface area contributed by atoms with Gasteiger partial charge in [-0.3, -0.25) is 0 Å². The monoisotopic (exact) mass is 253 g/mol. The van der Waals surface area contributed by atoms with E-state index in [2.05, 4.69) is 25.7 Å². The number of aliphatic hydroxyl groups is 1. The number of hydrogen-bond donors (Lipinski definition) is 1. The summed E-state index contributed by atoms with van der Waals surface area (Å²) in [6, 6.07) is 0. The Kier molecular flexibility index (Phi) is 4.38. The Morgan fingerprint density at radius 3 is 2.11 bits per heavy atom. The molecule has 1 N–H and O–H groups in total. The predicted molar refractivity (Wildman–Crippen MR) is 76.6 cm³/mol. The molecule has 1 aliphatic heterocycles. The molecule has 1 heterocycles. The van der Waals surface area contributed by atoms with Crippen molar-refractivity contribution in [3.8, 4) is 0 Å². The molecule has 18 heavy (non-hydrogen) atoms. The van der Waals surface area contributed by atoms with Gasteiger partial charge in [0.2, 0.25) is 0 Å². The molecule has 2 fully saturated rings. The van der Waals surface area contributed by atoms with Crippen LogP contribution in [0.4, 0.5) is 0 Å². The Balaban J connectivity index is 1.83. The van der Waals surface area contributed by atoms with E-state index in [-0.39, 0.29) is 5.41 Å². The molecule has 2 aliphatic rings. The fraction of sp³-hybridized carbons (Fsp3) is 1.00. The summed E-state index contributed by atoms with van der Waals surface area (Å²) in [5.41, 5.74) is 0.711. The van der Waals surface area contributed by atoms with Crippen LogP contribution < -0.4 is 0 Å². The first kappa shape index (κ1) is 14.3. The number of hydrogen-bond acceptors (Lipinski definition) is 2. The van der Waals surface area contributed by atoms with Crippen LogP contribution in [0.15, 0.2) is 0 Å². The van der Waals surface area contributed by atoms with E-state index in [4.69, 9.17) is 0 Å². The summed E-state index contributed by atoms with van der Waals surface area (Å²) in [6.07, 6.45) is 7.79. The second kappa shape index (κ2) is 5.50. The first-order valence-corrected chi connectivity index (χ1v) is 7.78. The number of piperidine rings is 1. The first-order valence-electron chi connectivity index (χ1n) is 7.78. The van der Waals surface area contributed by atoms with Gasteiger partial charge in [-0.1, -0.05) is 33.6 Å². The zero-order chi connectivity index (χ0) is 13.2. The van der Waals surface area contributed by atoms with Gasteiger partial charge < -0.3 is 10.0 Å². The lowest BCUT2D eigenvalue weighted by molar-refractivity contribution is 0.0448. The third-order valence-corrected chi connectivity index (χ3v) is 5.37. The molecule has 2 rings (SSSR count). The van der Waals surface area contributed by atoms with Crippen molar-refractivity contribution in [3.05, 3.63) is 0 Å². The van der Waals surface area contributed by atoms with E-state index in [1.54, 1.807) is 0 Å². The van der Waals surface area contributed by atoms with Crippen molar-refractivity contribution in [1.82, 2.24) is 4.90 Å². The zero-order valence-electron chi connectivity index (χ0n) is 12.5. The van der Waals surface area contributed by atoms with Crippen molar-refractivity contribution < 1.29 is 5.11 Å². The fourth-order valence-corrected chi connectivity index (χ4v) is 3.92. The summed E-state index contributed by atoms with van der Waals surface area (Å²) in [7, 11) is 0. The van der Waals surface area contributed by atoms with E-state index in [0.717, 1.165) is 12.5 Å². The highest BCUT2D eigenvalue weighted by atomic mass is 16.3. The Bertz CT molecular complexity index is 255. The minimum atomic E-state index is 0.245. The molecule has 2 nitrogen and oxygen atoms in total. The van der Waals surface area contributed by atoms with Crippen LogP contribution in [0.25, 0.3) is 0 Å². The molecule has 1 aliphatic carbocycles. The summed E-state index contributed by atoms with van der Waals surface area (Å²) >= 11 is 0. The fourth-order valence-electron chi connectivity index (χ4n) is 3.92. The van der Waals surface area contributed by atoms with Gasteiger partial charge in [0, 0.05) is 18.6 Å². The van der Waals surface area contributed by atoms with E-state index in [1.807, 2.05) is 0 Å². The molecule has 2 heteroatoms. The lowest BCUT2D eigenvalue weighted by Crippen LogP contribution is -2.44. The SMILES string of the molecule is CC(C)(C)C1CCN(CC2(CO)CCCC2)CC1. The van der Waals surface area contributed by atoms with Crippen LogP contribution in [0.5, 0.6) is 0 Å². The largest absolute Gasteiger partial charge is 0.396 e. The number of likely N-dealkylation sites (tertiary alicyclic amines) is 1. The van der Waals surface area contributed by atoms with Gasteiger partial charge in [-0.05, 0) is 50.1 Å². The predicted octanol–water partition coefficient (Wildman–Crippen LogP) is 3.30. The molecule has 0 aromatic carbocycles. The third-order valence-electron chi connectivity index (χ3n) is 5.37. The normalized spacial score (nSPS) is 26.7. The summed E-state index contributed by atoms with van der Waals surface area (Å²) in [6.45, 7) is 11.1. The molecule has 0 aromatic heterocycles. The van der Waals surface area contributed by atoms with Crippen LogP contribution in [0, 0.1) is 16.7 Å². The first-order chi connectivity index (χ1) is 8.45. The second-order valence-electron chi connectivity index (χ2n) is 7.78. The molecular formula is C16H31NO. The van der Waals surface area contributed by atoms with Crippen LogP contribution in [0.1, 0.15) is 59.3 Å². The summed E-state index contributed by atoms with van der Waals surface area (Å²) in [4.78, 5) is 2.61. The van der Waals surface area contributed by atoms with Gasteiger partial charge in [-0.25, -0.2) is 0 Å². The average molecular weight is 253 g/mol. The Morgan fingerprint density at radius 1 is 1.11 bits per heavy atom. The quantitative estimate of drug-likeness (QED) is 0.834. The zero-order valence-corrected chi connectivity index (χ0v) is 12.5. The highest BCUT2D eigenvalue weighted by Gasteiger charge is 2.37. The van der Waals surface area contributed by atoms with E-state index in [0.29, 0.717) is 12.0 Å². The highest BCUT2D eigenvalue weighted by molar-refractivity contribution is 4.89. The molecule has 0 aromatic rings. The van der Waals surface area contributed by atoms with Crippen molar-refractivity contribution in [2.24, 2.45) is 16.7 Å². The minimum Gasteiger partial charge on any atom is -0.396 e. The van der Waals surface area contributed by atoms with Crippen molar-refractivity contribution in [2.45, 2.75) is 59.3 Å². The van der Waals surface area contributed by atoms with Crippen molar-refractivity contribution in [3.63, 3.8) is 0 Å². The molecule has 0 spiro atoms. The molecule has 0 amide bonds. The van der Waals surface area contributed by atoms with E-state index >= 15 is 0 Å². The van der Waals surface area contributed by atoms with Gasteiger partial charge in [0.1, 0.15) is 0 Å². The summed E-state index contributed by atoms with van der Waals surface area (Å²) in [5.74, 6) is 0.877. The van der Waals surface area contributed by atoms with Crippen LogP contribution >= 0.6 is 0 Å². The van der Waals surface area contributed by atoms with Gasteiger partial charge in [0.25, 0.3) is 0 Å². The van der Waals surface area contributed by atoms with Crippen LogP contribution in [0.2, 0.25) is 0 Å². The van der Waals surface area contributed by atoms with E-state index in [9.17, 15) is 5.11 Å². The lowest BCUT2D eigenvalue weighted by atomic mass is 9.75. The van der Waals surface area contributed by atoms with Crippen LogP contribution in [-0.4, -0.2) is 36.2 Å². The number of nitrogens with zero attached hydrogens (tertiary/aromatic N) is 1. The topological polar surface area (TPSA) is 23.5 Å². The molecule has 1 saturated carbocycles. The Labute approximate surface area is 113 Å². The number of aliphatic hydroxyl groups excluding tert-OH is 1. The smallest absolute Gasteiger partial charge is 0.0499 e. The molecule has 0 atom stereocenters. The molecule has 106 valence electrons. The number of rotatable bonds is 3. The van der Waals surface area contributed by atoms with Crippen LogP contribution in [-0.2, 0) is 0 Å². The van der Waals surface area contributed by atoms with Gasteiger partial charge in [-0.2, -0.15) is 0 Å². The maximum Gasteiger partial charge on any atom is 0.0499 e. The van der Waals surface area contributed by atoms with Crippen molar-refractivity contribution >= 4 is 0 Å². The molecular weight excluding hydrogens is 222 g/mol. The lowest BCUT2D eigenvalue weighted by Gasteiger charge is -2.42. The van der Waals surface area contributed by atoms with E-state index < -0.39 is 0 Å². The highest BCUT2D eigenvalue weighted by Crippen LogP contribution is 2.40. The standard InChI is InChI=1S/C16H31NO/c1-15(2,3)14-6-10-17(11-7-14)12-16(13-18)8-4-5-9-16/h14,18H,4-13H2,1-3H3. The van der Waals surface area contributed by atoms with Crippen molar-refractivity contribution in [1.29, 1.82) is 0 Å². The van der Waals surface area contributed by atoms with Crippen LogP contribution in [0.3, 0.4) is 0 Å². The Hall–Kier alpha value is -0.0800. The maximum absolute atomic E-state index is 9.70. The molecule has 0 bridgehead atoms. The van der Waals surface area contributed by atoms with Gasteiger partial charge in [-0.15, -0.1) is 0 Å². The third kappa shape index (κ3) is 3.27. The summed E-state index contributed by atoms with van der Waals surface area (Å²) in [5, 5.41) is 9.70. The second-order valence-corrected chi connectivity index (χ2v) is 7.78. The Morgan fingerprint density at radius 2 is 1.67 bits per heavy atom. The van der Waals surface area contributed by atoms with Gasteiger partial charge in [0.15, 0.2) is 0 Å². The summed E-state index contributed by atoms with van der Waals surface area (Å²) < 4.78 is 0. The molecule has 1 saturated heterocycles. The van der Waals surface area contributed by atoms with Gasteiger partial charge >= 0.3 is 0 Å². The maximum atomic E-state index is 9.70. The van der Waals surface area contributed by atoms with E-state index in [1.165, 1.54) is 51.6 Å².